The average molecular weight is 550 g/mol. The maximum absolute atomic E-state index is 14.4. The number of carbonyl (C=O) groups is 3. The Hall–Kier alpha value is -2.84. The molecular formula is C31H39N3O4S. The van der Waals surface area contributed by atoms with Crippen molar-refractivity contribution in [2.75, 3.05) is 17.2 Å². The number of amides is 3. The van der Waals surface area contributed by atoms with Crippen molar-refractivity contribution >= 4 is 40.9 Å². The maximum Gasteiger partial charge on any atom is 0.248 e. The van der Waals surface area contributed by atoms with Gasteiger partial charge in [0.25, 0.3) is 0 Å². The lowest BCUT2D eigenvalue weighted by Gasteiger charge is -2.41. The fourth-order valence-electron chi connectivity index (χ4n) is 7.18. The Labute approximate surface area is 235 Å². The maximum atomic E-state index is 14.4. The van der Waals surface area contributed by atoms with E-state index in [1.807, 2.05) is 76.2 Å². The van der Waals surface area contributed by atoms with Crippen molar-refractivity contribution in [2.45, 2.75) is 69.5 Å². The second-order valence-corrected chi connectivity index (χ2v) is 13.1. The minimum Gasteiger partial charge on any atom is -0.394 e. The van der Waals surface area contributed by atoms with Gasteiger partial charge in [-0.2, -0.15) is 0 Å². The molecule has 208 valence electrons. The minimum absolute atomic E-state index is 0.0150. The summed E-state index contributed by atoms with van der Waals surface area (Å²) < 4.78 is -0.748. The van der Waals surface area contributed by atoms with Crippen LogP contribution in [0.2, 0.25) is 0 Å². The van der Waals surface area contributed by atoms with Crippen molar-refractivity contribution in [3.63, 3.8) is 0 Å². The summed E-state index contributed by atoms with van der Waals surface area (Å²) >= 11 is 1.65. The molecule has 3 fully saturated rings. The van der Waals surface area contributed by atoms with Gasteiger partial charge in [0.15, 0.2) is 0 Å². The van der Waals surface area contributed by atoms with Gasteiger partial charge in [-0.3, -0.25) is 14.4 Å². The molecule has 7 nitrogen and oxygen atoms in total. The van der Waals surface area contributed by atoms with Crippen LogP contribution in [0.15, 0.2) is 48.5 Å². The van der Waals surface area contributed by atoms with Gasteiger partial charge in [0.2, 0.25) is 17.7 Å². The van der Waals surface area contributed by atoms with Gasteiger partial charge in [0, 0.05) is 16.6 Å². The van der Waals surface area contributed by atoms with Gasteiger partial charge in [-0.25, -0.2) is 0 Å². The van der Waals surface area contributed by atoms with Crippen LogP contribution in [0.4, 0.5) is 11.4 Å². The number of rotatable bonds is 8. The van der Waals surface area contributed by atoms with E-state index in [9.17, 15) is 19.5 Å². The molecule has 0 radical (unpaired) electrons. The van der Waals surface area contributed by atoms with E-state index in [0.717, 1.165) is 29.7 Å². The fraction of sp³-hybridized carbons (Fsp3) is 0.516. The van der Waals surface area contributed by atoms with E-state index < -0.39 is 28.7 Å². The average Bonchev–Trinajstić information content (AvgIpc) is 3.51. The first kappa shape index (κ1) is 27.7. The first-order valence-corrected chi connectivity index (χ1v) is 14.9. The third-order valence-corrected chi connectivity index (χ3v) is 11.4. The highest BCUT2D eigenvalue weighted by Gasteiger charge is 2.76. The van der Waals surface area contributed by atoms with Gasteiger partial charge in [-0.05, 0) is 55.4 Å². The molecular weight excluding hydrogens is 510 g/mol. The van der Waals surface area contributed by atoms with Crippen LogP contribution in [-0.4, -0.2) is 56.4 Å². The number of fused-ring (bicyclic) bond motifs is 1. The van der Waals surface area contributed by atoms with E-state index in [-0.39, 0.29) is 41.4 Å². The second-order valence-electron chi connectivity index (χ2n) is 11.5. The van der Waals surface area contributed by atoms with Gasteiger partial charge < -0.3 is 20.6 Å². The van der Waals surface area contributed by atoms with Crippen LogP contribution in [0.1, 0.15) is 44.7 Å². The van der Waals surface area contributed by atoms with Crippen molar-refractivity contribution in [1.82, 2.24) is 4.90 Å². The van der Waals surface area contributed by atoms with Gasteiger partial charge in [-0.15, -0.1) is 11.8 Å². The van der Waals surface area contributed by atoms with Crippen LogP contribution >= 0.6 is 11.8 Å². The molecule has 2 bridgehead atoms. The van der Waals surface area contributed by atoms with E-state index in [2.05, 4.69) is 17.6 Å². The summed E-state index contributed by atoms with van der Waals surface area (Å²) in [6, 6.07) is 13.9. The van der Waals surface area contributed by atoms with E-state index in [1.165, 1.54) is 0 Å². The van der Waals surface area contributed by atoms with Crippen molar-refractivity contribution in [1.29, 1.82) is 0 Å². The summed E-state index contributed by atoms with van der Waals surface area (Å²) in [5, 5.41) is 16.7. The molecule has 3 aliphatic rings. The number of likely N-dealkylation sites (tertiary alicyclic amines) is 1. The first-order chi connectivity index (χ1) is 18.6. The van der Waals surface area contributed by atoms with Crippen LogP contribution in [0.25, 0.3) is 0 Å². The SMILES string of the molecule is CC[C@H](C)[C@H](CO)N1C(=O)[C@@H]2[C@@H](C(=O)Nc3ccccc3)[C@H]3CC(C)C2(S3)C1C(=O)Nc1c(C)cccc1C. The number of anilines is 2. The fourth-order valence-corrected chi connectivity index (χ4v) is 9.59. The Kier molecular flexibility index (Phi) is 7.55. The molecule has 0 saturated carbocycles. The van der Waals surface area contributed by atoms with E-state index >= 15 is 0 Å². The lowest BCUT2D eigenvalue weighted by Crippen LogP contribution is -2.58. The number of aliphatic hydroxyl groups excluding tert-OH is 1. The van der Waals surface area contributed by atoms with Crippen molar-refractivity contribution in [3.05, 3.63) is 59.7 Å². The molecule has 0 aliphatic carbocycles. The normalized spacial score (nSPS) is 30.7. The zero-order chi connectivity index (χ0) is 28.1. The van der Waals surface area contributed by atoms with Crippen molar-refractivity contribution in [3.8, 4) is 0 Å². The number of hydrogen-bond acceptors (Lipinski definition) is 5. The molecule has 3 heterocycles. The first-order valence-electron chi connectivity index (χ1n) is 14.0. The van der Waals surface area contributed by atoms with Crippen LogP contribution in [0.5, 0.6) is 0 Å². The summed E-state index contributed by atoms with van der Waals surface area (Å²) in [7, 11) is 0. The Morgan fingerprint density at radius 3 is 2.36 bits per heavy atom. The summed E-state index contributed by atoms with van der Waals surface area (Å²) in [5.74, 6) is -1.75. The standard InChI is InChI=1S/C31H39N3O4S/c1-6-17(2)22(16-35)34-27(29(37)33-26-18(3)11-10-12-19(26)4)31-20(5)15-23(39-31)24(25(31)30(34)38)28(36)32-21-13-8-7-9-14-21/h7-14,17,20,22-25,27,35H,6,15-16H2,1-5H3,(H,32,36)(H,33,37)/t17-,20?,22-,23+,24-,25-,27?,31?/m0/s1. The zero-order valence-corrected chi connectivity index (χ0v) is 24.1. The number of aryl methyl sites for hydroxylation is 2. The zero-order valence-electron chi connectivity index (χ0n) is 23.3. The van der Waals surface area contributed by atoms with Crippen molar-refractivity contribution in [2.24, 2.45) is 23.7 Å². The van der Waals surface area contributed by atoms with Gasteiger partial charge in [0.1, 0.15) is 6.04 Å². The van der Waals surface area contributed by atoms with Crippen LogP contribution < -0.4 is 10.6 Å². The van der Waals surface area contributed by atoms with E-state index in [0.29, 0.717) is 5.69 Å². The van der Waals surface area contributed by atoms with Gasteiger partial charge in [0.05, 0.1) is 29.2 Å². The van der Waals surface area contributed by atoms with Gasteiger partial charge >= 0.3 is 0 Å². The quantitative estimate of drug-likeness (QED) is 0.446. The summed E-state index contributed by atoms with van der Waals surface area (Å²) in [6.07, 6.45) is 1.51. The predicted octanol–water partition coefficient (Wildman–Crippen LogP) is 4.62. The number of hydrogen-bond donors (Lipinski definition) is 3. The van der Waals surface area contributed by atoms with Crippen molar-refractivity contribution < 1.29 is 19.5 Å². The molecule has 5 rings (SSSR count). The molecule has 2 aromatic carbocycles. The molecule has 3 N–H and O–H groups in total. The molecule has 2 aromatic rings. The van der Waals surface area contributed by atoms with E-state index in [1.54, 1.807) is 16.7 Å². The molecule has 3 saturated heterocycles. The lowest BCUT2D eigenvalue weighted by molar-refractivity contribution is -0.142. The Balaban J connectivity index is 1.58. The largest absolute Gasteiger partial charge is 0.394 e. The number of para-hydroxylation sites is 2. The topological polar surface area (TPSA) is 98.7 Å². The number of benzene rings is 2. The Morgan fingerprint density at radius 2 is 1.74 bits per heavy atom. The molecule has 0 aromatic heterocycles. The van der Waals surface area contributed by atoms with Crippen LogP contribution in [0.3, 0.4) is 0 Å². The van der Waals surface area contributed by atoms with Crippen LogP contribution in [0, 0.1) is 37.5 Å². The Bertz CT molecular complexity index is 1250. The highest BCUT2D eigenvalue weighted by Crippen LogP contribution is 2.69. The minimum atomic E-state index is -0.792. The number of nitrogens with one attached hydrogen (secondary N) is 2. The third kappa shape index (κ3) is 4.36. The number of aliphatic hydroxyl groups is 1. The second kappa shape index (κ2) is 10.6. The molecule has 3 unspecified atom stereocenters. The number of carbonyl (C=O) groups excluding carboxylic acids is 3. The molecule has 3 aliphatic heterocycles. The van der Waals surface area contributed by atoms with E-state index in [4.69, 9.17) is 0 Å². The van der Waals surface area contributed by atoms with Crippen LogP contribution in [-0.2, 0) is 14.4 Å². The molecule has 8 heteroatoms. The summed E-state index contributed by atoms with van der Waals surface area (Å²) in [5.41, 5.74) is 3.34. The lowest BCUT2D eigenvalue weighted by atomic mass is 9.65. The third-order valence-electron chi connectivity index (χ3n) is 9.35. The van der Waals surface area contributed by atoms with Gasteiger partial charge in [-0.1, -0.05) is 63.6 Å². The summed E-state index contributed by atoms with van der Waals surface area (Å²) in [4.78, 5) is 44.2. The number of thioether (sulfide) groups is 1. The summed E-state index contributed by atoms with van der Waals surface area (Å²) in [6.45, 7) is 9.82. The molecule has 3 amide bonds. The molecule has 39 heavy (non-hydrogen) atoms. The number of nitrogens with zero attached hydrogens (tertiary/aromatic N) is 1. The monoisotopic (exact) mass is 549 g/mol. The molecule has 1 spiro atoms. The Morgan fingerprint density at radius 1 is 1.08 bits per heavy atom. The predicted molar refractivity (Wildman–Crippen MR) is 155 cm³/mol. The smallest absolute Gasteiger partial charge is 0.248 e. The molecule has 8 atom stereocenters. The highest BCUT2D eigenvalue weighted by molar-refractivity contribution is 8.02. The highest BCUT2D eigenvalue weighted by atomic mass is 32.2.